The van der Waals surface area contributed by atoms with E-state index in [1.807, 2.05) is 32.0 Å². The Kier molecular flexibility index (Phi) is 4.35. The lowest BCUT2D eigenvalue weighted by Crippen LogP contribution is -2.66. The Balaban J connectivity index is 2.40. The molecule has 0 radical (unpaired) electrons. The number of benzene rings is 1. The maximum atomic E-state index is 12.8. The van der Waals surface area contributed by atoms with Crippen LogP contribution in [0.15, 0.2) is 24.3 Å². The number of piperazine rings is 1. The summed E-state index contributed by atoms with van der Waals surface area (Å²) in [5.41, 5.74) is 1.22. The lowest BCUT2D eigenvalue weighted by atomic mass is 9.88. The van der Waals surface area contributed by atoms with Gasteiger partial charge >= 0.3 is 0 Å². The Labute approximate surface area is 126 Å². The van der Waals surface area contributed by atoms with Gasteiger partial charge in [0, 0.05) is 5.69 Å². The molecule has 1 aliphatic heterocycles. The van der Waals surface area contributed by atoms with E-state index in [4.69, 9.17) is 0 Å². The van der Waals surface area contributed by atoms with Crippen LogP contribution in [-0.4, -0.2) is 23.9 Å². The van der Waals surface area contributed by atoms with Crippen molar-refractivity contribution in [1.29, 1.82) is 0 Å². The number of carbonyl (C=O) groups is 2. The van der Waals surface area contributed by atoms with Crippen LogP contribution in [0.1, 0.15) is 52.0 Å². The second kappa shape index (κ2) is 5.88. The molecule has 1 fully saturated rings. The highest BCUT2D eigenvalue weighted by molar-refractivity contribution is 6.09. The number of nitrogens with one attached hydrogen (secondary N) is 1. The Morgan fingerprint density at radius 3 is 2.48 bits per heavy atom. The molecule has 1 heterocycles. The zero-order chi connectivity index (χ0) is 15.6. The average Bonchev–Trinajstić information content (AvgIpc) is 2.49. The van der Waals surface area contributed by atoms with Gasteiger partial charge in [-0.15, -0.1) is 0 Å². The van der Waals surface area contributed by atoms with Gasteiger partial charge in [-0.3, -0.25) is 9.59 Å². The van der Waals surface area contributed by atoms with Gasteiger partial charge in [0.05, 0.1) is 0 Å². The first-order chi connectivity index (χ1) is 9.93. The van der Waals surface area contributed by atoms with Crippen molar-refractivity contribution in [2.24, 2.45) is 0 Å². The molecule has 0 spiro atoms. The van der Waals surface area contributed by atoms with Crippen LogP contribution >= 0.6 is 0 Å². The van der Waals surface area contributed by atoms with E-state index in [0.29, 0.717) is 18.8 Å². The fourth-order valence-electron chi connectivity index (χ4n) is 2.82. The third-order valence-electron chi connectivity index (χ3n) is 4.39. The number of rotatable bonds is 4. The van der Waals surface area contributed by atoms with E-state index in [9.17, 15) is 9.59 Å². The SMILES string of the molecule is CCC1(CC)NC(=O)CN(c2cccc(C(C)C)c2)C1=O. The molecule has 1 aromatic carbocycles. The quantitative estimate of drug-likeness (QED) is 0.926. The number of anilines is 1. The van der Waals surface area contributed by atoms with E-state index in [1.165, 1.54) is 5.56 Å². The van der Waals surface area contributed by atoms with Crippen molar-refractivity contribution < 1.29 is 9.59 Å². The molecular formula is C17H24N2O2. The van der Waals surface area contributed by atoms with E-state index >= 15 is 0 Å². The fraction of sp³-hybridized carbons (Fsp3) is 0.529. The van der Waals surface area contributed by atoms with Gasteiger partial charge in [-0.1, -0.05) is 39.8 Å². The van der Waals surface area contributed by atoms with Gasteiger partial charge in [0.25, 0.3) is 5.91 Å². The summed E-state index contributed by atoms with van der Waals surface area (Å²) in [7, 11) is 0. The predicted molar refractivity (Wildman–Crippen MR) is 84.3 cm³/mol. The lowest BCUT2D eigenvalue weighted by molar-refractivity contribution is -0.136. The molecule has 1 N–H and O–H groups in total. The van der Waals surface area contributed by atoms with E-state index < -0.39 is 5.54 Å². The zero-order valence-electron chi connectivity index (χ0n) is 13.3. The summed E-state index contributed by atoms with van der Waals surface area (Å²) < 4.78 is 0. The maximum Gasteiger partial charge on any atom is 0.253 e. The Morgan fingerprint density at radius 1 is 1.24 bits per heavy atom. The molecule has 0 aliphatic carbocycles. The molecule has 2 rings (SSSR count). The second-order valence-electron chi connectivity index (χ2n) is 5.98. The van der Waals surface area contributed by atoms with Crippen LogP contribution in [0.2, 0.25) is 0 Å². The van der Waals surface area contributed by atoms with E-state index in [-0.39, 0.29) is 18.4 Å². The van der Waals surface area contributed by atoms with Gasteiger partial charge < -0.3 is 10.2 Å². The minimum absolute atomic E-state index is 0.00648. The molecule has 1 saturated heterocycles. The van der Waals surface area contributed by atoms with E-state index in [0.717, 1.165) is 5.69 Å². The predicted octanol–water partition coefficient (Wildman–Crippen LogP) is 2.83. The number of hydrogen-bond acceptors (Lipinski definition) is 2. The summed E-state index contributed by atoms with van der Waals surface area (Å²) in [5, 5.41) is 2.89. The zero-order valence-corrected chi connectivity index (χ0v) is 13.3. The third kappa shape index (κ3) is 2.80. The molecule has 0 aromatic heterocycles. The minimum atomic E-state index is -0.761. The largest absolute Gasteiger partial charge is 0.340 e. The third-order valence-corrected chi connectivity index (χ3v) is 4.39. The summed E-state index contributed by atoms with van der Waals surface area (Å²) in [4.78, 5) is 26.5. The number of amides is 2. The molecule has 0 bridgehead atoms. The molecule has 1 aromatic rings. The van der Waals surface area contributed by atoms with E-state index in [2.05, 4.69) is 25.2 Å². The lowest BCUT2D eigenvalue weighted by Gasteiger charge is -2.41. The summed E-state index contributed by atoms with van der Waals surface area (Å²) >= 11 is 0. The molecule has 0 unspecified atom stereocenters. The monoisotopic (exact) mass is 288 g/mol. The number of nitrogens with zero attached hydrogens (tertiary/aromatic N) is 1. The first-order valence-corrected chi connectivity index (χ1v) is 7.66. The highest BCUT2D eigenvalue weighted by atomic mass is 16.2. The fourth-order valence-corrected chi connectivity index (χ4v) is 2.82. The van der Waals surface area contributed by atoms with Crippen molar-refractivity contribution in [2.45, 2.75) is 52.0 Å². The van der Waals surface area contributed by atoms with Gasteiger partial charge in [-0.05, 0) is 36.5 Å². The van der Waals surface area contributed by atoms with Crippen LogP contribution in [-0.2, 0) is 9.59 Å². The van der Waals surface area contributed by atoms with Gasteiger partial charge in [0.1, 0.15) is 12.1 Å². The summed E-state index contributed by atoms with van der Waals surface area (Å²) in [6, 6.07) is 7.91. The summed E-state index contributed by atoms with van der Waals surface area (Å²) in [6.45, 7) is 8.21. The first-order valence-electron chi connectivity index (χ1n) is 7.66. The minimum Gasteiger partial charge on any atom is -0.340 e. The van der Waals surface area contributed by atoms with Crippen molar-refractivity contribution in [3.63, 3.8) is 0 Å². The topological polar surface area (TPSA) is 49.4 Å². The Hall–Kier alpha value is -1.84. The Bertz CT molecular complexity index is 547. The van der Waals surface area contributed by atoms with Crippen LogP contribution in [0.4, 0.5) is 5.69 Å². The highest BCUT2D eigenvalue weighted by Gasteiger charge is 2.44. The highest BCUT2D eigenvalue weighted by Crippen LogP contribution is 2.28. The van der Waals surface area contributed by atoms with Crippen molar-refractivity contribution >= 4 is 17.5 Å². The van der Waals surface area contributed by atoms with Crippen molar-refractivity contribution in [1.82, 2.24) is 5.32 Å². The van der Waals surface area contributed by atoms with Crippen molar-refractivity contribution in [3.05, 3.63) is 29.8 Å². The second-order valence-corrected chi connectivity index (χ2v) is 5.98. The average molecular weight is 288 g/mol. The van der Waals surface area contributed by atoms with Crippen LogP contribution < -0.4 is 10.2 Å². The Morgan fingerprint density at radius 2 is 1.90 bits per heavy atom. The normalized spacial score (nSPS) is 18.0. The molecule has 0 saturated carbocycles. The van der Waals surface area contributed by atoms with Crippen LogP contribution in [0.3, 0.4) is 0 Å². The molecule has 2 amide bonds. The smallest absolute Gasteiger partial charge is 0.253 e. The number of hydrogen-bond donors (Lipinski definition) is 1. The molecule has 4 heteroatoms. The van der Waals surface area contributed by atoms with Crippen LogP contribution in [0, 0.1) is 0 Å². The van der Waals surface area contributed by atoms with Crippen LogP contribution in [0.25, 0.3) is 0 Å². The van der Waals surface area contributed by atoms with Crippen molar-refractivity contribution in [2.75, 3.05) is 11.4 Å². The van der Waals surface area contributed by atoms with Gasteiger partial charge in [0.2, 0.25) is 5.91 Å². The van der Waals surface area contributed by atoms with Gasteiger partial charge in [0.15, 0.2) is 0 Å². The van der Waals surface area contributed by atoms with E-state index in [1.54, 1.807) is 4.90 Å². The summed E-state index contributed by atoms with van der Waals surface area (Å²) in [6.07, 6.45) is 1.21. The molecular weight excluding hydrogens is 264 g/mol. The molecule has 21 heavy (non-hydrogen) atoms. The van der Waals surface area contributed by atoms with Gasteiger partial charge in [-0.2, -0.15) is 0 Å². The molecule has 114 valence electrons. The molecule has 4 nitrogen and oxygen atoms in total. The van der Waals surface area contributed by atoms with Crippen LogP contribution in [0.5, 0.6) is 0 Å². The standard InChI is InChI=1S/C17H24N2O2/c1-5-17(6-2)16(21)19(11-15(20)18-17)14-9-7-8-13(10-14)12(3)4/h7-10,12H,5-6,11H2,1-4H3,(H,18,20). The first kappa shape index (κ1) is 15.5. The van der Waals surface area contributed by atoms with Gasteiger partial charge in [-0.25, -0.2) is 0 Å². The summed E-state index contributed by atoms with van der Waals surface area (Å²) in [5.74, 6) is 0.294. The number of carbonyl (C=O) groups excluding carboxylic acids is 2. The maximum absolute atomic E-state index is 12.8. The molecule has 0 atom stereocenters. The molecule has 1 aliphatic rings. The van der Waals surface area contributed by atoms with Crippen molar-refractivity contribution in [3.8, 4) is 0 Å².